The van der Waals surface area contributed by atoms with E-state index < -0.39 is 23.8 Å². The summed E-state index contributed by atoms with van der Waals surface area (Å²) in [5.74, 6) is 0.585. The summed E-state index contributed by atoms with van der Waals surface area (Å²) in [6.45, 7) is 12.2. The molecule has 2 atom stereocenters. The SMILES string of the molecule is C#C/C=C\C=C(\F)Cc1nc2c(cc1F)c(N1CCN(C(=O)C=C)CC1C)nc(=O)n2-c1c(CC(C)CO)ccnc1C(C)C. The Morgan fingerprint density at radius 3 is 2.69 bits per heavy atom. The van der Waals surface area contributed by atoms with Crippen molar-refractivity contribution in [2.45, 2.75) is 52.5 Å². The van der Waals surface area contributed by atoms with Gasteiger partial charge in [-0.2, -0.15) is 4.98 Å². The summed E-state index contributed by atoms with van der Waals surface area (Å²) in [6.07, 6.45) is 11.8. The van der Waals surface area contributed by atoms with Crippen molar-refractivity contribution in [1.82, 2.24) is 24.4 Å². The number of pyridine rings is 2. The number of terminal acetylenes is 1. The van der Waals surface area contributed by atoms with Gasteiger partial charge < -0.3 is 14.9 Å². The molecule has 3 aromatic rings. The van der Waals surface area contributed by atoms with E-state index in [1.807, 2.05) is 32.6 Å². The van der Waals surface area contributed by atoms with Gasteiger partial charge in [0.15, 0.2) is 5.65 Å². The first-order valence-electron chi connectivity index (χ1n) is 14.9. The molecule has 9 nitrogen and oxygen atoms in total. The van der Waals surface area contributed by atoms with Gasteiger partial charge in [-0.1, -0.05) is 39.3 Å². The van der Waals surface area contributed by atoms with E-state index in [1.165, 1.54) is 28.9 Å². The maximum atomic E-state index is 15.7. The number of anilines is 1. The molecule has 1 aliphatic rings. The van der Waals surface area contributed by atoms with Gasteiger partial charge in [-0.15, -0.1) is 6.42 Å². The molecule has 0 spiro atoms. The van der Waals surface area contributed by atoms with Crippen LogP contribution in [-0.4, -0.2) is 67.7 Å². The van der Waals surface area contributed by atoms with Crippen LogP contribution < -0.4 is 10.6 Å². The van der Waals surface area contributed by atoms with Gasteiger partial charge in [0.05, 0.1) is 22.5 Å². The first kappa shape index (κ1) is 33.2. The maximum Gasteiger partial charge on any atom is 0.355 e. The van der Waals surface area contributed by atoms with Crippen LogP contribution in [0, 0.1) is 24.1 Å². The number of amides is 1. The molecule has 0 bridgehead atoms. The molecule has 4 rings (SSSR count). The second-order valence-corrected chi connectivity index (χ2v) is 11.5. The summed E-state index contributed by atoms with van der Waals surface area (Å²) >= 11 is 0. The van der Waals surface area contributed by atoms with Crippen molar-refractivity contribution in [3.63, 3.8) is 0 Å². The Morgan fingerprint density at radius 1 is 1.29 bits per heavy atom. The van der Waals surface area contributed by atoms with Gasteiger partial charge in [-0.05, 0) is 61.1 Å². The van der Waals surface area contributed by atoms with Gasteiger partial charge in [0.1, 0.15) is 17.5 Å². The van der Waals surface area contributed by atoms with Crippen LogP contribution in [0.25, 0.3) is 16.7 Å². The van der Waals surface area contributed by atoms with Crippen LogP contribution in [0.15, 0.2) is 59.8 Å². The van der Waals surface area contributed by atoms with E-state index in [1.54, 1.807) is 17.2 Å². The summed E-state index contributed by atoms with van der Waals surface area (Å²) in [5.41, 5.74) is 1.01. The molecule has 1 amide bonds. The number of aromatic nitrogens is 4. The number of piperazine rings is 1. The number of hydrogen-bond acceptors (Lipinski definition) is 7. The molecule has 1 saturated heterocycles. The van der Waals surface area contributed by atoms with E-state index >= 15 is 4.39 Å². The van der Waals surface area contributed by atoms with E-state index in [9.17, 15) is 19.1 Å². The third-order valence-electron chi connectivity index (χ3n) is 7.75. The number of halogens is 2. The molecule has 1 N–H and O–H groups in total. The van der Waals surface area contributed by atoms with Crippen LogP contribution in [0.1, 0.15) is 50.6 Å². The number of allylic oxidation sites excluding steroid dienone is 4. The summed E-state index contributed by atoms with van der Waals surface area (Å²) < 4.78 is 31.9. The summed E-state index contributed by atoms with van der Waals surface area (Å²) in [5, 5.41) is 10.1. The first-order valence-corrected chi connectivity index (χ1v) is 14.9. The third kappa shape index (κ3) is 7.18. The Balaban J connectivity index is 2.02. The predicted molar refractivity (Wildman–Crippen MR) is 171 cm³/mol. The highest BCUT2D eigenvalue weighted by atomic mass is 19.1. The first-order chi connectivity index (χ1) is 21.5. The van der Waals surface area contributed by atoms with Crippen molar-refractivity contribution in [2.75, 3.05) is 31.1 Å². The standard InChI is InChI=1S/C34H38F2N6O3/c1-7-9-10-11-25(35)17-28-27(36)18-26-32(41-15-14-40(19-23(41)6)29(44)8-2)39-34(45)42(33(26)38-28)31-24(16-22(5)20-43)12-13-37-30(31)21(3)4/h1,8-13,18,21-23,43H,2,14-17,19-20H2,3-6H3/b10-9-,25-11+. The van der Waals surface area contributed by atoms with Crippen LogP contribution in [0.3, 0.4) is 0 Å². The fourth-order valence-electron chi connectivity index (χ4n) is 5.51. The Hall–Kier alpha value is -4.69. The lowest BCUT2D eigenvalue weighted by Crippen LogP contribution is -2.54. The predicted octanol–water partition coefficient (Wildman–Crippen LogP) is 4.42. The van der Waals surface area contributed by atoms with E-state index in [0.717, 1.165) is 11.6 Å². The van der Waals surface area contributed by atoms with Crippen molar-refractivity contribution < 1.29 is 18.7 Å². The Morgan fingerprint density at radius 2 is 2.04 bits per heavy atom. The smallest absolute Gasteiger partial charge is 0.355 e. The molecule has 1 aliphatic heterocycles. The van der Waals surface area contributed by atoms with Crippen molar-refractivity contribution in [2.24, 2.45) is 5.92 Å². The average Bonchev–Trinajstić information content (AvgIpc) is 3.01. The number of carbonyl (C=O) groups is 1. The van der Waals surface area contributed by atoms with E-state index in [0.29, 0.717) is 37.4 Å². The van der Waals surface area contributed by atoms with Gasteiger partial charge >= 0.3 is 5.69 Å². The fraction of sp³-hybridized carbons (Fsp3) is 0.382. The number of rotatable bonds is 10. The molecule has 0 radical (unpaired) electrons. The number of carbonyl (C=O) groups excluding carboxylic acids is 1. The minimum absolute atomic E-state index is 0.0722. The summed E-state index contributed by atoms with van der Waals surface area (Å²) in [6, 6.07) is 2.74. The van der Waals surface area contributed by atoms with Crippen molar-refractivity contribution in [3.8, 4) is 18.0 Å². The van der Waals surface area contributed by atoms with Gasteiger partial charge in [-0.3, -0.25) is 9.78 Å². The lowest BCUT2D eigenvalue weighted by atomic mass is 9.97. The minimum Gasteiger partial charge on any atom is -0.396 e. The van der Waals surface area contributed by atoms with Crippen LogP contribution >= 0.6 is 0 Å². The minimum atomic E-state index is -0.766. The van der Waals surface area contributed by atoms with E-state index in [2.05, 4.69) is 27.5 Å². The molecule has 236 valence electrons. The average molecular weight is 617 g/mol. The summed E-state index contributed by atoms with van der Waals surface area (Å²) in [4.78, 5) is 43.5. The second kappa shape index (κ2) is 14.4. The monoisotopic (exact) mass is 616 g/mol. The fourth-order valence-corrected chi connectivity index (χ4v) is 5.51. The van der Waals surface area contributed by atoms with Crippen LogP contribution in [0.2, 0.25) is 0 Å². The second-order valence-electron chi connectivity index (χ2n) is 11.5. The molecule has 45 heavy (non-hydrogen) atoms. The highest BCUT2D eigenvalue weighted by Gasteiger charge is 2.31. The molecule has 0 aromatic carbocycles. The van der Waals surface area contributed by atoms with E-state index in [-0.39, 0.29) is 52.9 Å². The van der Waals surface area contributed by atoms with Crippen LogP contribution in [0.4, 0.5) is 14.6 Å². The Labute approximate surface area is 261 Å². The Bertz CT molecular complexity index is 1760. The molecule has 1 fully saturated rings. The van der Waals surface area contributed by atoms with E-state index in [4.69, 9.17) is 6.42 Å². The lowest BCUT2D eigenvalue weighted by Gasteiger charge is -2.40. The molecule has 11 heteroatoms. The molecule has 3 aromatic heterocycles. The van der Waals surface area contributed by atoms with Crippen molar-refractivity contribution in [3.05, 3.63) is 88.3 Å². The van der Waals surface area contributed by atoms with Gasteiger partial charge in [0.2, 0.25) is 5.91 Å². The zero-order valence-corrected chi connectivity index (χ0v) is 26.0. The largest absolute Gasteiger partial charge is 0.396 e. The maximum absolute atomic E-state index is 15.7. The Kier molecular flexibility index (Phi) is 10.6. The van der Waals surface area contributed by atoms with Crippen LogP contribution in [0.5, 0.6) is 0 Å². The van der Waals surface area contributed by atoms with Crippen molar-refractivity contribution in [1.29, 1.82) is 0 Å². The van der Waals surface area contributed by atoms with Crippen molar-refractivity contribution >= 4 is 22.8 Å². The molecular weight excluding hydrogens is 578 g/mol. The number of aliphatic hydroxyl groups is 1. The topological polar surface area (TPSA) is 104 Å². The molecule has 4 heterocycles. The van der Waals surface area contributed by atoms with Gasteiger partial charge in [0, 0.05) is 44.9 Å². The molecule has 0 aliphatic carbocycles. The number of aliphatic hydroxyl groups excluding tert-OH is 1. The highest BCUT2D eigenvalue weighted by molar-refractivity contribution is 5.90. The zero-order chi connectivity index (χ0) is 32.8. The number of nitrogens with zero attached hydrogens (tertiary/aromatic N) is 6. The van der Waals surface area contributed by atoms with Gasteiger partial charge in [-0.25, -0.2) is 23.1 Å². The summed E-state index contributed by atoms with van der Waals surface area (Å²) in [7, 11) is 0. The zero-order valence-electron chi connectivity index (χ0n) is 26.0. The van der Waals surface area contributed by atoms with Gasteiger partial charge in [0.25, 0.3) is 0 Å². The quantitative estimate of drug-likeness (QED) is 0.204. The van der Waals surface area contributed by atoms with Crippen LogP contribution in [-0.2, 0) is 17.6 Å². The molecule has 0 saturated carbocycles. The number of hydrogen-bond donors (Lipinski definition) is 1. The molecular formula is C34H38F2N6O3. The normalized spacial score (nSPS) is 16.4. The lowest BCUT2D eigenvalue weighted by molar-refractivity contribution is -0.126. The molecule has 2 unspecified atom stereocenters. The third-order valence-corrected chi connectivity index (χ3v) is 7.75. The highest BCUT2D eigenvalue weighted by Crippen LogP contribution is 2.32. The number of fused-ring (bicyclic) bond motifs is 1.